The third-order valence-electron chi connectivity index (χ3n) is 4.60. The van der Waals surface area contributed by atoms with Crippen LogP contribution in [-0.4, -0.2) is 18.7 Å². The number of rotatable bonds is 5. The Bertz CT molecular complexity index is 1250. The molecule has 4 rings (SSSR count). The van der Waals surface area contributed by atoms with E-state index in [9.17, 15) is 9.59 Å². The number of aryl methyl sites for hydroxylation is 1. The molecule has 0 aliphatic rings. The fraction of sp³-hybridized carbons (Fsp3) is 0.211. The fourth-order valence-corrected chi connectivity index (χ4v) is 3.86. The first-order valence-corrected chi connectivity index (χ1v) is 9.88. The van der Waals surface area contributed by atoms with E-state index in [4.69, 9.17) is 11.6 Å². The number of halogens is 1. The van der Waals surface area contributed by atoms with Crippen LogP contribution >= 0.6 is 22.9 Å². The molecule has 28 heavy (non-hydrogen) atoms. The van der Waals surface area contributed by atoms with E-state index in [1.807, 2.05) is 46.3 Å². The van der Waals surface area contributed by atoms with Crippen LogP contribution < -0.4 is 16.6 Å². The van der Waals surface area contributed by atoms with Gasteiger partial charge in [0.05, 0.1) is 13.1 Å². The summed E-state index contributed by atoms with van der Waals surface area (Å²) in [7, 11) is 3.09. The maximum atomic E-state index is 12.9. The van der Waals surface area contributed by atoms with Crippen LogP contribution in [-0.2, 0) is 27.2 Å². The minimum atomic E-state index is -0.404. The van der Waals surface area contributed by atoms with Crippen molar-refractivity contribution < 1.29 is 0 Å². The molecule has 0 saturated carbocycles. The van der Waals surface area contributed by atoms with Crippen molar-refractivity contribution in [3.8, 4) is 0 Å². The van der Waals surface area contributed by atoms with Gasteiger partial charge in [-0.25, -0.2) is 4.79 Å². The van der Waals surface area contributed by atoms with Crippen molar-refractivity contribution in [1.29, 1.82) is 0 Å². The molecule has 7 nitrogen and oxygen atoms in total. The molecular formula is C19H18ClN5O2S. The summed E-state index contributed by atoms with van der Waals surface area (Å²) in [6, 6.07) is 11.4. The number of anilines is 1. The molecule has 0 radical (unpaired) electrons. The summed E-state index contributed by atoms with van der Waals surface area (Å²) in [6.45, 7) is 1.00. The molecule has 3 heterocycles. The minimum Gasteiger partial charge on any atom is -0.351 e. The Morgan fingerprint density at radius 3 is 2.54 bits per heavy atom. The summed E-state index contributed by atoms with van der Waals surface area (Å²) in [6.07, 6.45) is 0. The van der Waals surface area contributed by atoms with Gasteiger partial charge in [-0.1, -0.05) is 29.8 Å². The van der Waals surface area contributed by atoms with E-state index < -0.39 is 5.69 Å². The van der Waals surface area contributed by atoms with Gasteiger partial charge >= 0.3 is 5.69 Å². The minimum absolute atomic E-state index is 0.357. The highest BCUT2D eigenvalue weighted by atomic mass is 35.5. The van der Waals surface area contributed by atoms with Gasteiger partial charge in [-0.05, 0) is 29.1 Å². The third-order valence-corrected chi connectivity index (χ3v) is 5.73. The summed E-state index contributed by atoms with van der Waals surface area (Å²) in [4.78, 5) is 30.9. The van der Waals surface area contributed by atoms with Gasteiger partial charge in [0.15, 0.2) is 11.2 Å². The Hall–Kier alpha value is -2.84. The standard InChI is InChI=1S/C19H18ClN5O2S/c1-23-16-15(17(26)24(2)19(23)27)25(11-12-5-7-13(20)8-6-12)18(22-16)21-10-14-4-3-9-28-14/h3-9H,10-11H2,1-2H3,(H,21,22). The van der Waals surface area contributed by atoms with Crippen LogP contribution in [0.4, 0.5) is 5.95 Å². The normalized spacial score (nSPS) is 11.2. The van der Waals surface area contributed by atoms with E-state index in [1.54, 1.807) is 18.4 Å². The quantitative estimate of drug-likeness (QED) is 0.544. The van der Waals surface area contributed by atoms with Gasteiger partial charge in [0, 0.05) is 24.0 Å². The molecule has 0 spiro atoms. The van der Waals surface area contributed by atoms with Gasteiger partial charge in [-0.15, -0.1) is 11.3 Å². The fourth-order valence-electron chi connectivity index (χ4n) is 3.09. The molecule has 3 aromatic heterocycles. The second kappa shape index (κ2) is 7.29. The lowest BCUT2D eigenvalue weighted by atomic mass is 10.2. The summed E-state index contributed by atoms with van der Waals surface area (Å²) in [5.74, 6) is 0.539. The predicted octanol–water partition coefficient (Wildman–Crippen LogP) is 2.81. The van der Waals surface area contributed by atoms with Crippen molar-refractivity contribution in [2.75, 3.05) is 5.32 Å². The first-order chi connectivity index (χ1) is 13.5. The second-order valence-corrected chi connectivity index (χ2v) is 7.93. The van der Waals surface area contributed by atoms with Crippen molar-refractivity contribution in [2.45, 2.75) is 13.1 Å². The van der Waals surface area contributed by atoms with E-state index in [0.717, 1.165) is 15.0 Å². The number of benzene rings is 1. The first kappa shape index (κ1) is 18.5. The molecule has 144 valence electrons. The van der Waals surface area contributed by atoms with Crippen LogP contribution in [0.3, 0.4) is 0 Å². The lowest BCUT2D eigenvalue weighted by molar-refractivity contribution is 0.702. The smallest absolute Gasteiger partial charge is 0.332 e. The zero-order valence-corrected chi connectivity index (χ0v) is 16.9. The third kappa shape index (κ3) is 3.25. The Morgan fingerprint density at radius 1 is 1.11 bits per heavy atom. The lowest BCUT2D eigenvalue weighted by Crippen LogP contribution is -2.37. The molecule has 0 amide bonds. The molecule has 1 aromatic carbocycles. The van der Waals surface area contributed by atoms with Crippen LogP contribution in [0.25, 0.3) is 11.2 Å². The zero-order valence-electron chi connectivity index (χ0n) is 15.3. The van der Waals surface area contributed by atoms with Crippen molar-refractivity contribution >= 4 is 40.0 Å². The molecule has 0 aliphatic heterocycles. The molecule has 0 aliphatic carbocycles. The number of thiophene rings is 1. The van der Waals surface area contributed by atoms with Crippen LogP contribution in [0.1, 0.15) is 10.4 Å². The first-order valence-electron chi connectivity index (χ1n) is 8.62. The monoisotopic (exact) mass is 415 g/mol. The largest absolute Gasteiger partial charge is 0.351 e. The molecule has 0 unspecified atom stereocenters. The Kier molecular flexibility index (Phi) is 4.82. The zero-order chi connectivity index (χ0) is 19.8. The molecule has 1 N–H and O–H groups in total. The summed E-state index contributed by atoms with van der Waals surface area (Å²) < 4.78 is 4.31. The molecule has 0 bridgehead atoms. The van der Waals surface area contributed by atoms with E-state index in [-0.39, 0.29) is 5.56 Å². The van der Waals surface area contributed by atoms with Gasteiger partial charge < -0.3 is 5.32 Å². The van der Waals surface area contributed by atoms with Crippen molar-refractivity contribution in [3.05, 3.63) is 78.1 Å². The Balaban J connectivity index is 1.87. The van der Waals surface area contributed by atoms with Gasteiger partial charge in [0.25, 0.3) is 5.56 Å². The van der Waals surface area contributed by atoms with Gasteiger partial charge in [0.1, 0.15) is 0 Å². The Morgan fingerprint density at radius 2 is 1.86 bits per heavy atom. The summed E-state index contributed by atoms with van der Waals surface area (Å²) in [5.41, 5.74) is 0.935. The number of hydrogen-bond acceptors (Lipinski definition) is 5. The predicted molar refractivity (Wildman–Crippen MR) is 112 cm³/mol. The number of aromatic nitrogens is 4. The molecule has 0 saturated heterocycles. The number of nitrogens with one attached hydrogen (secondary N) is 1. The van der Waals surface area contributed by atoms with E-state index >= 15 is 0 Å². The van der Waals surface area contributed by atoms with Crippen molar-refractivity contribution in [3.63, 3.8) is 0 Å². The van der Waals surface area contributed by atoms with Crippen LogP contribution in [0, 0.1) is 0 Å². The number of hydrogen-bond donors (Lipinski definition) is 1. The van der Waals surface area contributed by atoms with Crippen LogP contribution in [0.5, 0.6) is 0 Å². The average molecular weight is 416 g/mol. The maximum absolute atomic E-state index is 12.9. The second-order valence-electron chi connectivity index (χ2n) is 6.46. The highest BCUT2D eigenvalue weighted by Crippen LogP contribution is 2.20. The number of imidazole rings is 1. The van der Waals surface area contributed by atoms with Crippen LogP contribution in [0.15, 0.2) is 51.4 Å². The summed E-state index contributed by atoms with van der Waals surface area (Å²) >= 11 is 7.63. The average Bonchev–Trinajstić information content (AvgIpc) is 3.33. The highest BCUT2D eigenvalue weighted by Gasteiger charge is 2.19. The van der Waals surface area contributed by atoms with Crippen LogP contribution in [0.2, 0.25) is 5.02 Å². The molecule has 9 heteroatoms. The highest BCUT2D eigenvalue weighted by molar-refractivity contribution is 7.09. The van der Waals surface area contributed by atoms with Gasteiger partial charge in [-0.3, -0.25) is 18.5 Å². The van der Waals surface area contributed by atoms with Gasteiger partial charge in [0.2, 0.25) is 5.95 Å². The topological polar surface area (TPSA) is 73.8 Å². The molecule has 0 fully saturated rings. The van der Waals surface area contributed by atoms with E-state index in [0.29, 0.717) is 35.2 Å². The maximum Gasteiger partial charge on any atom is 0.332 e. The Labute approximate surface area is 169 Å². The van der Waals surface area contributed by atoms with Crippen molar-refractivity contribution in [1.82, 2.24) is 18.7 Å². The summed E-state index contributed by atoms with van der Waals surface area (Å²) in [5, 5.41) is 5.96. The van der Waals surface area contributed by atoms with Gasteiger partial charge in [-0.2, -0.15) is 4.98 Å². The molecule has 4 aromatic rings. The number of fused-ring (bicyclic) bond motifs is 1. The SMILES string of the molecule is Cn1c(=O)c2c(nc(NCc3cccs3)n2Cc2ccc(Cl)cc2)n(C)c1=O. The van der Waals surface area contributed by atoms with Crippen molar-refractivity contribution in [2.24, 2.45) is 14.1 Å². The van der Waals surface area contributed by atoms with E-state index in [1.165, 1.54) is 11.6 Å². The van der Waals surface area contributed by atoms with E-state index in [2.05, 4.69) is 10.3 Å². The molecular weight excluding hydrogens is 398 g/mol. The number of nitrogens with zero attached hydrogens (tertiary/aromatic N) is 4. The molecule has 0 atom stereocenters. The lowest BCUT2D eigenvalue weighted by Gasteiger charge is -2.11.